The zero-order valence-corrected chi connectivity index (χ0v) is 11.4. The van der Waals surface area contributed by atoms with E-state index in [1.165, 1.54) is 37.8 Å². The number of hydrogen-bond acceptors (Lipinski definition) is 2. The smallest absolute Gasteiger partial charge is 0.0410 e. The van der Waals surface area contributed by atoms with Crippen LogP contribution in [0.1, 0.15) is 38.2 Å². The minimum atomic E-state index is 0.838. The van der Waals surface area contributed by atoms with Gasteiger partial charge in [-0.15, -0.1) is 0 Å². The number of hydrogen-bond donors (Lipinski definition) is 0. The molecule has 1 aromatic rings. The van der Waals surface area contributed by atoms with Gasteiger partial charge in [-0.3, -0.25) is 9.88 Å². The highest BCUT2D eigenvalue weighted by molar-refractivity contribution is 9.10. The zero-order chi connectivity index (χ0) is 11.4. The summed E-state index contributed by atoms with van der Waals surface area (Å²) in [5, 5.41) is 0. The number of halogens is 1. The SMILES string of the molecule is CCCCN(Cc1cncc(Br)c1)C1CC1. The van der Waals surface area contributed by atoms with Gasteiger partial charge in [-0.05, 0) is 53.4 Å². The molecule has 0 aromatic carbocycles. The van der Waals surface area contributed by atoms with Gasteiger partial charge in [-0.25, -0.2) is 0 Å². The van der Waals surface area contributed by atoms with Crippen molar-refractivity contribution in [1.82, 2.24) is 9.88 Å². The van der Waals surface area contributed by atoms with E-state index >= 15 is 0 Å². The second-order valence-corrected chi connectivity index (χ2v) is 5.48. The Balaban J connectivity index is 1.94. The molecular formula is C13H19BrN2. The highest BCUT2D eigenvalue weighted by atomic mass is 79.9. The van der Waals surface area contributed by atoms with Crippen molar-refractivity contribution < 1.29 is 0 Å². The Morgan fingerprint density at radius 3 is 2.88 bits per heavy atom. The van der Waals surface area contributed by atoms with Crippen LogP contribution in [0.5, 0.6) is 0 Å². The first-order valence-electron chi connectivity index (χ1n) is 6.13. The molecule has 1 aliphatic carbocycles. The third-order valence-electron chi connectivity index (χ3n) is 3.01. The summed E-state index contributed by atoms with van der Waals surface area (Å²) in [5.41, 5.74) is 1.32. The van der Waals surface area contributed by atoms with Crippen LogP contribution in [-0.2, 0) is 6.54 Å². The number of pyridine rings is 1. The summed E-state index contributed by atoms with van der Waals surface area (Å²) in [5.74, 6) is 0. The van der Waals surface area contributed by atoms with Crippen LogP contribution < -0.4 is 0 Å². The first-order valence-corrected chi connectivity index (χ1v) is 6.92. The van der Waals surface area contributed by atoms with Crippen molar-refractivity contribution in [2.75, 3.05) is 6.54 Å². The molecule has 0 saturated heterocycles. The van der Waals surface area contributed by atoms with E-state index in [1.807, 2.05) is 12.4 Å². The summed E-state index contributed by atoms with van der Waals surface area (Å²) in [7, 11) is 0. The fraction of sp³-hybridized carbons (Fsp3) is 0.615. The number of unbranched alkanes of at least 4 members (excludes halogenated alkanes) is 1. The van der Waals surface area contributed by atoms with Crippen molar-refractivity contribution >= 4 is 15.9 Å². The molecule has 0 atom stereocenters. The molecule has 3 heteroatoms. The van der Waals surface area contributed by atoms with Crippen molar-refractivity contribution in [2.24, 2.45) is 0 Å². The van der Waals surface area contributed by atoms with Gasteiger partial charge < -0.3 is 0 Å². The number of aromatic nitrogens is 1. The summed E-state index contributed by atoms with van der Waals surface area (Å²) < 4.78 is 1.08. The Kier molecular flexibility index (Phi) is 4.36. The molecule has 1 fully saturated rings. The summed E-state index contributed by atoms with van der Waals surface area (Å²) in [4.78, 5) is 6.83. The van der Waals surface area contributed by atoms with Crippen LogP contribution in [-0.4, -0.2) is 22.5 Å². The molecule has 88 valence electrons. The third-order valence-corrected chi connectivity index (χ3v) is 3.44. The fourth-order valence-electron chi connectivity index (χ4n) is 1.97. The van der Waals surface area contributed by atoms with E-state index in [0.717, 1.165) is 17.1 Å². The second kappa shape index (κ2) is 5.78. The van der Waals surface area contributed by atoms with Gasteiger partial charge in [0.1, 0.15) is 0 Å². The Morgan fingerprint density at radius 2 is 2.25 bits per heavy atom. The molecule has 1 heterocycles. The minimum absolute atomic E-state index is 0.838. The molecule has 16 heavy (non-hydrogen) atoms. The van der Waals surface area contributed by atoms with Crippen molar-refractivity contribution in [3.05, 3.63) is 28.5 Å². The standard InChI is InChI=1S/C13H19BrN2/c1-2-3-6-16(13-4-5-13)10-11-7-12(14)9-15-8-11/h7-9,13H,2-6,10H2,1H3. The van der Waals surface area contributed by atoms with Gasteiger partial charge in [-0.1, -0.05) is 13.3 Å². The first kappa shape index (κ1) is 12.1. The number of nitrogens with zero attached hydrogens (tertiary/aromatic N) is 2. The molecule has 0 amide bonds. The quantitative estimate of drug-likeness (QED) is 0.793. The zero-order valence-electron chi connectivity index (χ0n) is 9.82. The Morgan fingerprint density at radius 1 is 1.44 bits per heavy atom. The lowest BCUT2D eigenvalue weighted by atomic mass is 10.2. The van der Waals surface area contributed by atoms with Gasteiger partial charge in [0.05, 0.1) is 0 Å². The molecule has 0 unspecified atom stereocenters. The lowest BCUT2D eigenvalue weighted by Crippen LogP contribution is -2.26. The first-order chi connectivity index (χ1) is 7.79. The molecule has 1 saturated carbocycles. The van der Waals surface area contributed by atoms with Crippen LogP contribution in [0, 0.1) is 0 Å². The normalized spacial score (nSPS) is 15.7. The maximum absolute atomic E-state index is 4.22. The van der Waals surface area contributed by atoms with Gasteiger partial charge in [0.15, 0.2) is 0 Å². The van der Waals surface area contributed by atoms with Gasteiger partial charge in [0.25, 0.3) is 0 Å². The average molecular weight is 283 g/mol. The van der Waals surface area contributed by atoms with Gasteiger partial charge in [0.2, 0.25) is 0 Å². The van der Waals surface area contributed by atoms with E-state index < -0.39 is 0 Å². The van der Waals surface area contributed by atoms with Gasteiger partial charge in [-0.2, -0.15) is 0 Å². The van der Waals surface area contributed by atoms with E-state index in [2.05, 4.69) is 38.8 Å². The molecule has 0 spiro atoms. The van der Waals surface area contributed by atoms with Crippen LogP contribution in [0.15, 0.2) is 22.9 Å². The maximum atomic E-state index is 4.22. The van der Waals surface area contributed by atoms with Crippen molar-refractivity contribution in [2.45, 2.75) is 45.2 Å². The van der Waals surface area contributed by atoms with Crippen molar-refractivity contribution in [3.63, 3.8) is 0 Å². The molecular weight excluding hydrogens is 264 g/mol. The Hall–Kier alpha value is -0.410. The lowest BCUT2D eigenvalue weighted by Gasteiger charge is -2.21. The molecule has 0 N–H and O–H groups in total. The molecule has 1 aromatic heterocycles. The molecule has 1 aliphatic rings. The highest BCUT2D eigenvalue weighted by Crippen LogP contribution is 2.28. The van der Waals surface area contributed by atoms with Gasteiger partial charge >= 0.3 is 0 Å². The van der Waals surface area contributed by atoms with E-state index in [1.54, 1.807) is 0 Å². The monoisotopic (exact) mass is 282 g/mol. The average Bonchev–Trinajstić information content (AvgIpc) is 3.08. The summed E-state index contributed by atoms with van der Waals surface area (Å²) in [6.45, 7) is 4.54. The van der Waals surface area contributed by atoms with E-state index in [9.17, 15) is 0 Å². The molecule has 0 aliphatic heterocycles. The predicted molar refractivity (Wildman–Crippen MR) is 70.3 cm³/mol. The topological polar surface area (TPSA) is 16.1 Å². The van der Waals surface area contributed by atoms with Crippen LogP contribution in [0.3, 0.4) is 0 Å². The molecule has 2 rings (SSSR count). The second-order valence-electron chi connectivity index (χ2n) is 4.57. The summed E-state index contributed by atoms with van der Waals surface area (Å²) >= 11 is 3.48. The van der Waals surface area contributed by atoms with Gasteiger partial charge in [0, 0.05) is 29.5 Å². The van der Waals surface area contributed by atoms with Crippen LogP contribution >= 0.6 is 15.9 Å². The molecule has 0 radical (unpaired) electrons. The Labute approximate surface area is 106 Å². The number of rotatable bonds is 6. The molecule has 0 bridgehead atoms. The van der Waals surface area contributed by atoms with E-state index in [-0.39, 0.29) is 0 Å². The van der Waals surface area contributed by atoms with Crippen LogP contribution in [0.25, 0.3) is 0 Å². The largest absolute Gasteiger partial charge is 0.296 e. The Bertz CT molecular complexity index is 336. The van der Waals surface area contributed by atoms with E-state index in [0.29, 0.717) is 0 Å². The van der Waals surface area contributed by atoms with Crippen LogP contribution in [0.4, 0.5) is 0 Å². The molecule has 2 nitrogen and oxygen atoms in total. The van der Waals surface area contributed by atoms with Crippen LogP contribution in [0.2, 0.25) is 0 Å². The summed E-state index contributed by atoms with van der Waals surface area (Å²) in [6.07, 6.45) is 9.16. The predicted octanol–water partition coefficient (Wildman–Crippen LogP) is 3.61. The lowest BCUT2D eigenvalue weighted by molar-refractivity contribution is 0.250. The highest BCUT2D eigenvalue weighted by Gasteiger charge is 2.28. The van der Waals surface area contributed by atoms with Crippen molar-refractivity contribution in [1.29, 1.82) is 0 Å². The maximum Gasteiger partial charge on any atom is 0.0410 e. The fourth-order valence-corrected chi connectivity index (χ4v) is 2.38. The van der Waals surface area contributed by atoms with Crippen molar-refractivity contribution in [3.8, 4) is 0 Å². The minimum Gasteiger partial charge on any atom is -0.296 e. The third kappa shape index (κ3) is 3.56. The van der Waals surface area contributed by atoms with E-state index in [4.69, 9.17) is 0 Å². The summed E-state index contributed by atoms with van der Waals surface area (Å²) in [6, 6.07) is 3.01.